The highest BCUT2D eigenvalue weighted by Crippen LogP contribution is 2.28. The summed E-state index contributed by atoms with van der Waals surface area (Å²) in [6, 6.07) is 13.0. The summed E-state index contributed by atoms with van der Waals surface area (Å²) in [5.41, 5.74) is 7.59. The molecular weight excluding hydrogens is 375 g/mol. The fourth-order valence-electron chi connectivity index (χ4n) is 2.29. The van der Waals surface area contributed by atoms with Crippen LogP contribution in [0, 0.1) is 5.92 Å². The van der Waals surface area contributed by atoms with Gasteiger partial charge in [-0.3, -0.25) is 4.79 Å². The lowest BCUT2D eigenvalue weighted by molar-refractivity contribution is 0.0842. The van der Waals surface area contributed by atoms with Crippen molar-refractivity contribution in [3.63, 3.8) is 0 Å². The Bertz CT molecular complexity index is 711. The highest BCUT2D eigenvalue weighted by atomic mass is 35.5. The minimum absolute atomic E-state index is 0. The van der Waals surface area contributed by atoms with Gasteiger partial charge in [0.2, 0.25) is 0 Å². The summed E-state index contributed by atoms with van der Waals surface area (Å²) in [7, 11) is 1.49. The third-order valence-electron chi connectivity index (χ3n) is 3.69. The van der Waals surface area contributed by atoms with Crippen LogP contribution in [0.4, 0.5) is 5.69 Å². The van der Waals surface area contributed by atoms with E-state index in [1.165, 1.54) is 13.2 Å². The van der Waals surface area contributed by atoms with Crippen molar-refractivity contribution in [1.29, 1.82) is 0 Å². The number of benzene rings is 2. The van der Waals surface area contributed by atoms with Gasteiger partial charge in [-0.1, -0.05) is 48.9 Å². The molecule has 2 aromatic carbocycles. The summed E-state index contributed by atoms with van der Waals surface area (Å²) in [6.45, 7) is 3.60. The maximum atomic E-state index is 12.4. The van der Waals surface area contributed by atoms with Crippen LogP contribution in [-0.2, 0) is 11.3 Å². The number of nitrogens with two attached hydrogens (primary N) is 1. The van der Waals surface area contributed by atoms with Crippen LogP contribution in [-0.4, -0.2) is 26.2 Å². The highest BCUT2D eigenvalue weighted by Gasteiger charge is 2.15. The zero-order valence-electron chi connectivity index (χ0n) is 14.8. The number of rotatable bonds is 8. The third-order valence-corrected chi connectivity index (χ3v) is 4.02. The van der Waals surface area contributed by atoms with Gasteiger partial charge in [0.1, 0.15) is 5.75 Å². The molecule has 3 N–H and O–H groups in total. The van der Waals surface area contributed by atoms with Crippen molar-refractivity contribution >= 4 is 35.6 Å². The van der Waals surface area contributed by atoms with Crippen LogP contribution < -0.4 is 15.8 Å². The molecule has 0 radical (unpaired) electrons. The second-order valence-electron chi connectivity index (χ2n) is 5.89. The largest absolute Gasteiger partial charge is 0.496 e. The summed E-state index contributed by atoms with van der Waals surface area (Å²) >= 11 is 6.00. The molecule has 0 saturated heterocycles. The Labute approximate surface area is 165 Å². The SMILES string of the molecule is COc1cc(N)c(Cl)cc1C(=O)NCC(C)COCc1ccccc1.Cl. The lowest BCUT2D eigenvalue weighted by Gasteiger charge is -2.15. The van der Waals surface area contributed by atoms with Gasteiger partial charge in [0.15, 0.2) is 0 Å². The number of hydrogen-bond donors (Lipinski definition) is 2. The quantitative estimate of drug-likeness (QED) is 0.660. The van der Waals surface area contributed by atoms with Gasteiger partial charge in [0, 0.05) is 12.6 Å². The number of nitrogens with one attached hydrogen (secondary N) is 1. The van der Waals surface area contributed by atoms with Crippen LogP contribution in [0.15, 0.2) is 42.5 Å². The molecule has 1 unspecified atom stereocenters. The summed E-state index contributed by atoms with van der Waals surface area (Å²) < 4.78 is 10.9. The molecule has 0 aliphatic rings. The van der Waals surface area contributed by atoms with E-state index in [4.69, 9.17) is 26.8 Å². The Morgan fingerprint density at radius 3 is 2.62 bits per heavy atom. The van der Waals surface area contributed by atoms with Crippen molar-refractivity contribution in [2.75, 3.05) is 26.0 Å². The van der Waals surface area contributed by atoms with Crippen molar-refractivity contribution < 1.29 is 14.3 Å². The molecule has 5 nitrogen and oxygen atoms in total. The Kier molecular flexibility index (Phi) is 9.27. The van der Waals surface area contributed by atoms with Gasteiger partial charge >= 0.3 is 0 Å². The van der Waals surface area contributed by atoms with Crippen LogP contribution in [0.5, 0.6) is 5.75 Å². The standard InChI is InChI=1S/C19H23ClN2O3.ClH/c1-13(11-25-12-14-6-4-3-5-7-14)10-22-19(23)15-8-16(20)17(21)9-18(15)24-2;/h3-9,13H,10-12,21H2,1-2H3,(H,22,23);1H. The monoisotopic (exact) mass is 398 g/mol. The lowest BCUT2D eigenvalue weighted by atomic mass is 10.1. The van der Waals surface area contributed by atoms with E-state index in [-0.39, 0.29) is 24.2 Å². The van der Waals surface area contributed by atoms with Gasteiger partial charge < -0.3 is 20.5 Å². The average molecular weight is 399 g/mol. The zero-order valence-corrected chi connectivity index (χ0v) is 16.4. The number of carbonyl (C=O) groups is 1. The lowest BCUT2D eigenvalue weighted by Crippen LogP contribution is -2.30. The second-order valence-corrected chi connectivity index (χ2v) is 6.30. The van der Waals surface area contributed by atoms with Crippen LogP contribution in [0.3, 0.4) is 0 Å². The van der Waals surface area contributed by atoms with Crippen LogP contribution in [0.25, 0.3) is 0 Å². The Morgan fingerprint density at radius 1 is 1.27 bits per heavy atom. The van der Waals surface area contributed by atoms with Crippen molar-refractivity contribution in [3.8, 4) is 5.75 Å². The normalized spacial score (nSPS) is 11.3. The molecule has 26 heavy (non-hydrogen) atoms. The van der Waals surface area contributed by atoms with Crippen molar-refractivity contribution in [2.24, 2.45) is 5.92 Å². The molecule has 0 aromatic heterocycles. The van der Waals surface area contributed by atoms with Crippen molar-refractivity contribution in [3.05, 3.63) is 58.6 Å². The first-order valence-corrected chi connectivity index (χ1v) is 8.42. The topological polar surface area (TPSA) is 73.6 Å². The Hall–Kier alpha value is -1.95. The molecule has 0 fully saturated rings. The summed E-state index contributed by atoms with van der Waals surface area (Å²) in [5, 5.41) is 3.19. The summed E-state index contributed by atoms with van der Waals surface area (Å²) in [4.78, 5) is 12.4. The smallest absolute Gasteiger partial charge is 0.255 e. The van der Waals surface area contributed by atoms with E-state index in [9.17, 15) is 4.79 Å². The second kappa shape index (κ2) is 10.9. The van der Waals surface area contributed by atoms with Crippen molar-refractivity contribution in [1.82, 2.24) is 5.32 Å². The number of methoxy groups -OCH3 is 1. The van der Waals surface area contributed by atoms with Crippen LogP contribution in [0.1, 0.15) is 22.8 Å². The number of halogens is 2. The molecule has 1 atom stereocenters. The van der Waals surface area contributed by atoms with E-state index in [0.29, 0.717) is 41.8 Å². The fourth-order valence-corrected chi connectivity index (χ4v) is 2.45. The van der Waals surface area contributed by atoms with Crippen LogP contribution >= 0.6 is 24.0 Å². The maximum Gasteiger partial charge on any atom is 0.255 e. The molecular formula is C19H24Cl2N2O3. The Balaban J connectivity index is 0.00000338. The van der Waals surface area contributed by atoms with E-state index in [1.54, 1.807) is 6.07 Å². The highest BCUT2D eigenvalue weighted by molar-refractivity contribution is 6.33. The number of anilines is 1. The molecule has 0 aliphatic carbocycles. The Morgan fingerprint density at radius 2 is 1.96 bits per heavy atom. The number of hydrogen-bond acceptors (Lipinski definition) is 4. The summed E-state index contributed by atoms with van der Waals surface area (Å²) in [6.07, 6.45) is 0. The van der Waals surface area contributed by atoms with Crippen LogP contribution in [0.2, 0.25) is 5.02 Å². The number of carbonyl (C=O) groups excluding carboxylic acids is 1. The number of ether oxygens (including phenoxy) is 2. The first-order chi connectivity index (χ1) is 12.0. The zero-order chi connectivity index (χ0) is 18.2. The van der Waals surface area contributed by atoms with Gasteiger partial charge in [-0.2, -0.15) is 0 Å². The van der Waals surface area contributed by atoms with E-state index in [2.05, 4.69) is 5.32 Å². The number of amides is 1. The van der Waals surface area contributed by atoms with E-state index in [0.717, 1.165) is 5.56 Å². The van der Waals surface area contributed by atoms with Gasteiger partial charge in [-0.05, 0) is 17.5 Å². The molecule has 1 amide bonds. The molecule has 2 aromatic rings. The van der Waals surface area contributed by atoms with E-state index >= 15 is 0 Å². The molecule has 0 heterocycles. The van der Waals surface area contributed by atoms with Crippen molar-refractivity contribution in [2.45, 2.75) is 13.5 Å². The molecule has 2 rings (SSSR count). The fraction of sp³-hybridized carbons (Fsp3) is 0.316. The predicted molar refractivity (Wildman–Crippen MR) is 107 cm³/mol. The molecule has 7 heteroatoms. The minimum Gasteiger partial charge on any atom is -0.496 e. The first-order valence-electron chi connectivity index (χ1n) is 8.04. The average Bonchev–Trinajstić information content (AvgIpc) is 2.62. The summed E-state index contributed by atoms with van der Waals surface area (Å²) in [5.74, 6) is 0.309. The van der Waals surface area contributed by atoms with Gasteiger partial charge in [-0.15, -0.1) is 12.4 Å². The number of nitrogen functional groups attached to an aromatic ring is 1. The van der Waals surface area contributed by atoms with E-state index < -0.39 is 0 Å². The molecule has 0 saturated carbocycles. The van der Waals surface area contributed by atoms with Gasteiger partial charge in [0.05, 0.1) is 36.6 Å². The molecule has 142 valence electrons. The van der Waals surface area contributed by atoms with E-state index in [1.807, 2.05) is 37.3 Å². The maximum absolute atomic E-state index is 12.4. The molecule has 0 bridgehead atoms. The minimum atomic E-state index is -0.256. The third kappa shape index (κ3) is 6.41. The molecule has 0 aliphatic heterocycles. The van der Waals surface area contributed by atoms with Gasteiger partial charge in [-0.25, -0.2) is 0 Å². The van der Waals surface area contributed by atoms with Gasteiger partial charge in [0.25, 0.3) is 5.91 Å². The predicted octanol–water partition coefficient (Wildman–Crippen LogP) is 3.94. The molecule has 0 spiro atoms. The first kappa shape index (κ1) is 22.1.